The molecule has 0 heterocycles. The average Bonchev–Trinajstić information content (AvgIpc) is 2.74. The summed E-state index contributed by atoms with van der Waals surface area (Å²) in [6, 6.07) is 0.862. The van der Waals surface area contributed by atoms with Gasteiger partial charge in [-0.25, -0.2) is 0 Å². The molecule has 3 aliphatic carbocycles. The van der Waals surface area contributed by atoms with E-state index in [1.54, 1.807) is 0 Å². The first-order chi connectivity index (χ1) is 10.2. The molecule has 0 radical (unpaired) electrons. The highest BCUT2D eigenvalue weighted by Gasteiger charge is 2.41. The molecule has 0 aromatic heterocycles. The summed E-state index contributed by atoms with van der Waals surface area (Å²) in [6.07, 6.45) is 13.6. The quantitative estimate of drug-likeness (QED) is 0.794. The summed E-state index contributed by atoms with van der Waals surface area (Å²) < 4.78 is 0. The number of fused-ring (bicyclic) bond motifs is 2. The van der Waals surface area contributed by atoms with Crippen molar-refractivity contribution in [3.8, 4) is 0 Å². The predicted molar refractivity (Wildman–Crippen MR) is 85.8 cm³/mol. The van der Waals surface area contributed by atoms with Crippen molar-refractivity contribution in [1.29, 1.82) is 0 Å². The average molecular weight is 292 g/mol. The summed E-state index contributed by atoms with van der Waals surface area (Å²) in [5.74, 6) is 1.89. The zero-order valence-corrected chi connectivity index (χ0v) is 13.6. The van der Waals surface area contributed by atoms with Gasteiger partial charge in [0.05, 0.1) is 0 Å². The molecule has 0 spiro atoms. The number of carbonyl (C=O) groups is 1. The minimum absolute atomic E-state index is 0.258. The predicted octanol–water partition coefficient (Wildman–Crippen LogP) is 3.32. The minimum Gasteiger partial charge on any atom is -0.343 e. The Kier molecular flexibility index (Phi) is 4.88. The van der Waals surface area contributed by atoms with Crippen molar-refractivity contribution in [1.82, 2.24) is 4.90 Å². The number of carbonyl (C=O) groups excluding carboxylic acids is 1. The Balaban J connectivity index is 1.61. The van der Waals surface area contributed by atoms with Crippen molar-refractivity contribution >= 4 is 5.91 Å². The van der Waals surface area contributed by atoms with Crippen LogP contribution in [0.4, 0.5) is 0 Å². The van der Waals surface area contributed by atoms with E-state index in [0.717, 1.165) is 12.8 Å². The van der Waals surface area contributed by atoms with Crippen LogP contribution in [0.1, 0.15) is 70.6 Å². The van der Waals surface area contributed by atoms with E-state index >= 15 is 0 Å². The maximum atomic E-state index is 12.9. The van der Waals surface area contributed by atoms with Crippen LogP contribution in [0.15, 0.2) is 0 Å². The molecule has 2 bridgehead atoms. The maximum absolute atomic E-state index is 12.9. The number of hydrogen-bond acceptors (Lipinski definition) is 2. The molecule has 3 rings (SSSR count). The zero-order chi connectivity index (χ0) is 14.8. The second-order valence-electron chi connectivity index (χ2n) is 7.79. The number of rotatable bonds is 2. The van der Waals surface area contributed by atoms with Crippen LogP contribution in [0.2, 0.25) is 0 Å². The third kappa shape index (κ3) is 3.28. The lowest BCUT2D eigenvalue weighted by molar-refractivity contribution is -0.139. The Labute approximate surface area is 129 Å². The van der Waals surface area contributed by atoms with E-state index in [4.69, 9.17) is 5.73 Å². The Hall–Kier alpha value is -0.570. The molecule has 120 valence electrons. The topological polar surface area (TPSA) is 46.3 Å². The van der Waals surface area contributed by atoms with Crippen LogP contribution in [0, 0.1) is 17.8 Å². The van der Waals surface area contributed by atoms with Crippen LogP contribution in [-0.4, -0.2) is 29.9 Å². The van der Waals surface area contributed by atoms with Crippen LogP contribution >= 0.6 is 0 Å². The van der Waals surface area contributed by atoms with Crippen LogP contribution < -0.4 is 5.73 Å². The molecule has 3 nitrogen and oxygen atoms in total. The Morgan fingerprint density at radius 1 is 0.905 bits per heavy atom. The molecular weight excluding hydrogens is 260 g/mol. The lowest BCUT2D eigenvalue weighted by Gasteiger charge is -2.44. The van der Waals surface area contributed by atoms with Crippen LogP contribution in [0.3, 0.4) is 0 Å². The molecule has 21 heavy (non-hydrogen) atoms. The highest BCUT2D eigenvalue weighted by molar-refractivity contribution is 5.79. The number of nitrogens with two attached hydrogens (primary N) is 1. The second kappa shape index (κ2) is 6.68. The molecule has 3 aliphatic rings. The molecular formula is C18H32N2O. The molecule has 0 aromatic carbocycles. The van der Waals surface area contributed by atoms with E-state index in [1.807, 2.05) is 0 Å². The van der Waals surface area contributed by atoms with Crippen molar-refractivity contribution < 1.29 is 4.79 Å². The van der Waals surface area contributed by atoms with E-state index < -0.39 is 0 Å². The molecule has 3 saturated carbocycles. The third-order valence-electron chi connectivity index (χ3n) is 6.48. The van der Waals surface area contributed by atoms with E-state index in [0.29, 0.717) is 29.8 Å². The van der Waals surface area contributed by atoms with Crippen molar-refractivity contribution in [3.63, 3.8) is 0 Å². The largest absolute Gasteiger partial charge is 0.343 e. The van der Waals surface area contributed by atoms with Gasteiger partial charge in [-0.2, -0.15) is 0 Å². The third-order valence-corrected chi connectivity index (χ3v) is 6.48. The lowest BCUT2D eigenvalue weighted by atomic mass is 9.65. The fourth-order valence-corrected chi connectivity index (χ4v) is 5.10. The summed E-state index contributed by atoms with van der Waals surface area (Å²) >= 11 is 0. The monoisotopic (exact) mass is 292 g/mol. The summed E-state index contributed by atoms with van der Waals surface area (Å²) in [4.78, 5) is 15.0. The summed E-state index contributed by atoms with van der Waals surface area (Å²) in [5, 5.41) is 0. The molecule has 3 heteroatoms. The first-order valence-corrected chi connectivity index (χ1v) is 9.19. The molecule has 1 amide bonds. The van der Waals surface area contributed by atoms with Gasteiger partial charge < -0.3 is 10.6 Å². The van der Waals surface area contributed by atoms with Crippen molar-refractivity contribution in [2.75, 3.05) is 7.05 Å². The molecule has 2 atom stereocenters. The summed E-state index contributed by atoms with van der Waals surface area (Å²) in [5.41, 5.74) is 6.36. The van der Waals surface area contributed by atoms with Crippen LogP contribution in [-0.2, 0) is 4.79 Å². The molecule has 0 aliphatic heterocycles. The second-order valence-corrected chi connectivity index (χ2v) is 7.79. The highest BCUT2D eigenvalue weighted by atomic mass is 16.2. The Morgan fingerprint density at radius 3 is 2.05 bits per heavy atom. The maximum Gasteiger partial charge on any atom is 0.225 e. The van der Waals surface area contributed by atoms with Gasteiger partial charge in [0.25, 0.3) is 0 Å². The summed E-state index contributed by atoms with van der Waals surface area (Å²) in [6.45, 7) is 0. The fourth-order valence-electron chi connectivity index (χ4n) is 5.10. The van der Waals surface area contributed by atoms with Gasteiger partial charge in [0.2, 0.25) is 5.91 Å². The van der Waals surface area contributed by atoms with Gasteiger partial charge in [-0.05, 0) is 50.4 Å². The zero-order valence-electron chi connectivity index (χ0n) is 13.6. The van der Waals surface area contributed by atoms with E-state index in [-0.39, 0.29) is 5.92 Å². The molecule has 0 saturated heterocycles. The van der Waals surface area contributed by atoms with Gasteiger partial charge in [0, 0.05) is 25.0 Å². The van der Waals surface area contributed by atoms with Crippen molar-refractivity contribution in [2.45, 2.75) is 82.7 Å². The van der Waals surface area contributed by atoms with Gasteiger partial charge in [-0.15, -0.1) is 0 Å². The van der Waals surface area contributed by atoms with Gasteiger partial charge in [0.15, 0.2) is 0 Å². The van der Waals surface area contributed by atoms with Gasteiger partial charge in [-0.3, -0.25) is 4.79 Å². The number of amides is 1. The Bertz CT molecular complexity index is 348. The normalized spacial score (nSPS) is 37.8. The van der Waals surface area contributed by atoms with Crippen LogP contribution in [0.25, 0.3) is 0 Å². The molecule has 3 fully saturated rings. The first kappa shape index (κ1) is 15.3. The van der Waals surface area contributed by atoms with Crippen molar-refractivity contribution in [3.05, 3.63) is 0 Å². The van der Waals surface area contributed by atoms with Gasteiger partial charge in [-0.1, -0.05) is 32.1 Å². The SMILES string of the molecule is CN(C(=O)C1CC2CCCC(C1)C2N)C1CCCCCC1. The smallest absolute Gasteiger partial charge is 0.225 e. The standard InChI is InChI=1S/C18H32N2O/c1-20(16-9-4-2-3-5-10-16)18(21)15-11-13-7-6-8-14(12-15)17(13)19/h13-17H,2-12,19H2,1H3. The number of hydrogen-bond donors (Lipinski definition) is 1. The fraction of sp³-hybridized carbons (Fsp3) is 0.944. The van der Waals surface area contributed by atoms with Gasteiger partial charge >= 0.3 is 0 Å². The van der Waals surface area contributed by atoms with Crippen LogP contribution in [0.5, 0.6) is 0 Å². The Morgan fingerprint density at radius 2 is 1.48 bits per heavy atom. The van der Waals surface area contributed by atoms with Gasteiger partial charge in [0.1, 0.15) is 0 Å². The highest BCUT2D eigenvalue weighted by Crippen LogP contribution is 2.42. The van der Waals surface area contributed by atoms with E-state index in [1.165, 1.54) is 57.8 Å². The summed E-state index contributed by atoms with van der Waals surface area (Å²) in [7, 11) is 2.06. The molecule has 2 unspecified atom stereocenters. The minimum atomic E-state index is 0.258. The van der Waals surface area contributed by atoms with E-state index in [9.17, 15) is 4.79 Å². The first-order valence-electron chi connectivity index (χ1n) is 9.19. The van der Waals surface area contributed by atoms with E-state index in [2.05, 4.69) is 11.9 Å². The molecule has 2 N–H and O–H groups in total. The lowest BCUT2D eigenvalue weighted by Crippen LogP contribution is -2.50. The number of nitrogens with zero attached hydrogens (tertiary/aromatic N) is 1. The van der Waals surface area contributed by atoms with Crippen molar-refractivity contribution in [2.24, 2.45) is 23.5 Å². The molecule has 0 aromatic rings.